The van der Waals surface area contributed by atoms with E-state index in [1.807, 2.05) is 34.9 Å². The van der Waals surface area contributed by atoms with E-state index in [4.69, 9.17) is 4.74 Å². The van der Waals surface area contributed by atoms with Gasteiger partial charge in [-0.2, -0.15) is 4.99 Å². The van der Waals surface area contributed by atoms with E-state index in [0.29, 0.717) is 11.3 Å². The van der Waals surface area contributed by atoms with Gasteiger partial charge in [-0.25, -0.2) is 0 Å². The Bertz CT molecular complexity index is 998. The molecular formula is C20H20N2O2S. The molecule has 3 aromatic rings. The first-order valence-electron chi connectivity index (χ1n) is 8.02. The summed E-state index contributed by atoms with van der Waals surface area (Å²) in [5, 5.41) is 0. The Labute approximate surface area is 150 Å². The lowest BCUT2D eigenvalue weighted by Gasteiger charge is -2.03. The highest BCUT2D eigenvalue weighted by Gasteiger charge is 2.08. The molecule has 0 aliphatic rings. The summed E-state index contributed by atoms with van der Waals surface area (Å²) >= 11 is 1.53. The highest BCUT2D eigenvalue weighted by atomic mass is 32.1. The maximum atomic E-state index is 12.4. The number of benzene rings is 2. The van der Waals surface area contributed by atoms with Gasteiger partial charge in [0.05, 0.1) is 23.7 Å². The largest absolute Gasteiger partial charge is 0.497 e. The molecule has 0 bridgehead atoms. The topological polar surface area (TPSA) is 43.6 Å². The third-order valence-corrected chi connectivity index (χ3v) is 4.90. The van der Waals surface area contributed by atoms with E-state index in [0.717, 1.165) is 21.5 Å². The fraction of sp³-hybridized carbons (Fsp3) is 0.200. The van der Waals surface area contributed by atoms with Gasteiger partial charge in [0.15, 0.2) is 4.80 Å². The lowest BCUT2D eigenvalue weighted by molar-refractivity contribution is -0.117. The highest BCUT2D eigenvalue weighted by molar-refractivity contribution is 7.16. The van der Waals surface area contributed by atoms with Crippen LogP contribution in [0.4, 0.5) is 0 Å². The zero-order valence-electron chi connectivity index (χ0n) is 14.4. The van der Waals surface area contributed by atoms with E-state index < -0.39 is 0 Å². The molecule has 5 heteroatoms. The number of hydrogen-bond acceptors (Lipinski definition) is 3. The average molecular weight is 352 g/mol. The second-order valence-corrected chi connectivity index (χ2v) is 6.80. The summed E-state index contributed by atoms with van der Waals surface area (Å²) in [4.78, 5) is 17.5. The number of ether oxygens (including phenoxy) is 1. The number of fused-ring (bicyclic) bond motifs is 1. The zero-order valence-corrected chi connectivity index (χ0v) is 15.2. The predicted molar refractivity (Wildman–Crippen MR) is 102 cm³/mol. The molecule has 0 unspecified atom stereocenters. The molecule has 0 saturated carbocycles. The van der Waals surface area contributed by atoms with Gasteiger partial charge in [-0.3, -0.25) is 4.79 Å². The summed E-state index contributed by atoms with van der Waals surface area (Å²) in [7, 11) is 1.61. The number of aromatic nitrogens is 1. The molecule has 0 atom stereocenters. The third kappa shape index (κ3) is 3.88. The molecule has 1 aromatic heterocycles. The predicted octanol–water partition coefficient (Wildman–Crippen LogP) is 3.88. The van der Waals surface area contributed by atoms with Gasteiger partial charge in [0.25, 0.3) is 5.91 Å². The molecule has 0 spiro atoms. The quantitative estimate of drug-likeness (QED) is 0.654. The van der Waals surface area contributed by atoms with Crippen LogP contribution in [0.15, 0.2) is 60.1 Å². The van der Waals surface area contributed by atoms with Crippen molar-refractivity contribution in [1.82, 2.24) is 4.57 Å². The lowest BCUT2D eigenvalue weighted by Crippen LogP contribution is -2.16. The molecule has 2 aromatic carbocycles. The van der Waals surface area contributed by atoms with E-state index in [2.05, 4.69) is 36.7 Å². The maximum Gasteiger partial charge on any atom is 0.252 e. The zero-order chi connectivity index (χ0) is 17.8. The summed E-state index contributed by atoms with van der Waals surface area (Å²) in [5.74, 6) is 0.568. The second kappa shape index (κ2) is 7.49. The SMILES string of the molecule is C=CCn1c(=NC(=O)Cc2cccc(OC)c2)sc2cc(C)ccc21. The van der Waals surface area contributed by atoms with E-state index in [-0.39, 0.29) is 12.3 Å². The smallest absolute Gasteiger partial charge is 0.252 e. The van der Waals surface area contributed by atoms with Gasteiger partial charge in [-0.1, -0.05) is 35.6 Å². The first kappa shape index (κ1) is 17.2. The van der Waals surface area contributed by atoms with Crippen LogP contribution in [0.2, 0.25) is 0 Å². The second-order valence-electron chi connectivity index (χ2n) is 5.79. The van der Waals surface area contributed by atoms with Gasteiger partial charge < -0.3 is 9.30 Å². The fourth-order valence-electron chi connectivity index (χ4n) is 2.67. The molecule has 0 aliphatic carbocycles. The summed E-state index contributed by atoms with van der Waals surface area (Å²) in [6.07, 6.45) is 2.07. The van der Waals surface area contributed by atoms with Crippen molar-refractivity contribution >= 4 is 27.5 Å². The molecule has 0 radical (unpaired) electrons. The number of amides is 1. The van der Waals surface area contributed by atoms with Crippen LogP contribution in [-0.2, 0) is 17.8 Å². The first-order valence-corrected chi connectivity index (χ1v) is 8.83. The Hall–Kier alpha value is -2.66. The first-order chi connectivity index (χ1) is 12.1. The van der Waals surface area contributed by atoms with E-state index in [9.17, 15) is 4.79 Å². The third-order valence-electron chi connectivity index (χ3n) is 3.86. The Kier molecular flexibility index (Phi) is 5.14. The molecule has 0 fully saturated rings. The molecule has 0 saturated heterocycles. The Morgan fingerprint density at radius 1 is 1.32 bits per heavy atom. The highest BCUT2D eigenvalue weighted by Crippen LogP contribution is 2.19. The van der Waals surface area contributed by atoms with Crippen molar-refractivity contribution in [1.29, 1.82) is 0 Å². The van der Waals surface area contributed by atoms with Crippen molar-refractivity contribution < 1.29 is 9.53 Å². The van der Waals surface area contributed by atoms with Gasteiger partial charge in [0.2, 0.25) is 0 Å². The Balaban J connectivity index is 1.97. The number of methoxy groups -OCH3 is 1. The molecule has 0 N–H and O–H groups in total. The summed E-state index contributed by atoms with van der Waals surface area (Å²) < 4.78 is 8.35. The number of rotatable bonds is 5. The van der Waals surface area contributed by atoms with Crippen molar-refractivity contribution in [3.63, 3.8) is 0 Å². The molecule has 1 amide bonds. The van der Waals surface area contributed by atoms with Gasteiger partial charge in [0.1, 0.15) is 5.75 Å². The molecule has 128 valence electrons. The number of nitrogens with zero attached hydrogens (tertiary/aromatic N) is 2. The van der Waals surface area contributed by atoms with Crippen molar-refractivity contribution in [2.75, 3.05) is 7.11 Å². The molecule has 3 rings (SSSR count). The lowest BCUT2D eigenvalue weighted by atomic mass is 10.1. The normalized spacial score (nSPS) is 11.7. The summed E-state index contributed by atoms with van der Waals surface area (Å²) in [6.45, 7) is 6.49. The van der Waals surface area contributed by atoms with Gasteiger partial charge in [-0.15, -0.1) is 6.58 Å². The van der Waals surface area contributed by atoms with E-state index in [1.54, 1.807) is 7.11 Å². The maximum absolute atomic E-state index is 12.4. The van der Waals surface area contributed by atoms with Gasteiger partial charge in [0, 0.05) is 6.54 Å². The fourth-order valence-corrected chi connectivity index (χ4v) is 3.83. The standard InChI is InChI=1S/C20H20N2O2S/c1-4-10-22-17-9-8-14(2)11-18(17)25-20(22)21-19(23)13-15-6-5-7-16(12-15)24-3/h4-9,11-12H,1,10,13H2,2-3H3. The van der Waals surface area contributed by atoms with Crippen LogP contribution in [0.3, 0.4) is 0 Å². The van der Waals surface area contributed by atoms with E-state index in [1.165, 1.54) is 16.9 Å². The number of aryl methyl sites for hydroxylation is 1. The Morgan fingerprint density at radius 3 is 2.92 bits per heavy atom. The van der Waals surface area contributed by atoms with Crippen molar-refractivity contribution in [2.24, 2.45) is 4.99 Å². The van der Waals surface area contributed by atoms with Gasteiger partial charge >= 0.3 is 0 Å². The average Bonchev–Trinajstić information content (AvgIpc) is 2.91. The van der Waals surface area contributed by atoms with Gasteiger partial charge in [-0.05, 0) is 42.3 Å². The van der Waals surface area contributed by atoms with Crippen LogP contribution in [0.5, 0.6) is 5.75 Å². The van der Waals surface area contributed by atoms with Crippen LogP contribution in [0, 0.1) is 6.92 Å². The van der Waals surface area contributed by atoms with Crippen LogP contribution >= 0.6 is 11.3 Å². The van der Waals surface area contributed by atoms with E-state index >= 15 is 0 Å². The summed E-state index contributed by atoms with van der Waals surface area (Å²) in [5.41, 5.74) is 3.15. The number of carbonyl (C=O) groups excluding carboxylic acids is 1. The number of carbonyl (C=O) groups is 1. The molecule has 1 heterocycles. The number of thiazole rings is 1. The van der Waals surface area contributed by atoms with Crippen molar-refractivity contribution in [2.45, 2.75) is 19.9 Å². The Morgan fingerprint density at radius 2 is 2.16 bits per heavy atom. The minimum absolute atomic E-state index is 0.172. The van der Waals surface area contributed by atoms with Crippen LogP contribution in [0.25, 0.3) is 10.2 Å². The monoisotopic (exact) mass is 352 g/mol. The van der Waals surface area contributed by atoms with Crippen LogP contribution in [0.1, 0.15) is 11.1 Å². The molecule has 25 heavy (non-hydrogen) atoms. The number of allylic oxidation sites excluding steroid dienone is 1. The number of hydrogen-bond donors (Lipinski definition) is 0. The molecule has 0 aliphatic heterocycles. The van der Waals surface area contributed by atoms with Crippen LogP contribution in [-0.4, -0.2) is 17.6 Å². The molecular weight excluding hydrogens is 332 g/mol. The minimum atomic E-state index is -0.172. The van der Waals surface area contributed by atoms with Crippen molar-refractivity contribution in [3.05, 3.63) is 71.0 Å². The van der Waals surface area contributed by atoms with Crippen LogP contribution < -0.4 is 9.54 Å². The summed E-state index contributed by atoms with van der Waals surface area (Å²) in [6, 6.07) is 13.7. The van der Waals surface area contributed by atoms with Crippen molar-refractivity contribution in [3.8, 4) is 5.75 Å². The minimum Gasteiger partial charge on any atom is -0.497 e. The molecule has 4 nitrogen and oxygen atoms in total.